The highest BCUT2D eigenvalue weighted by Gasteiger charge is 2.06. The van der Waals surface area contributed by atoms with Gasteiger partial charge in [0.05, 0.1) is 6.20 Å². The Bertz CT molecular complexity index is 710. The van der Waals surface area contributed by atoms with Crippen molar-refractivity contribution in [1.29, 1.82) is 0 Å². The molecule has 110 valence electrons. The summed E-state index contributed by atoms with van der Waals surface area (Å²) in [4.78, 5) is 0. The molecular weight excluding hydrogens is 260 g/mol. The molecule has 1 atom stereocenters. The molecule has 4 heteroatoms. The maximum absolute atomic E-state index is 4.21. The second kappa shape index (κ2) is 6.14. The Morgan fingerprint density at radius 3 is 2.90 bits per heavy atom. The molecule has 0 aliphatic rings. The molecule has 0 amide bonds. The summed E-state index contributed by atoms with van der Waals surface area (Å²) in [5, 5.41) is 9.08. The van der Waals surface area contributed by atoms with Crippen molar-refractivity contribution in [3.8, 4) is 0 Å². The number of hydrogen-bond donors (Lipinski definition) is 1. The first-order valence-corrected chi connectivity index (χ1v) is 7.50. The van der Waals surface area contributed by atoms with E-state index in [1.54, 1.807) is 0 Å². The second-order valence-corrected chi connectivity index (χ2v) is 5.54. The lowest BCUT2D eigenvalue weighted by molar-refractivity contribution is 0.531. The Morgan fingerprint density at radius 1 is 1.24 bits per heavy atom. The molecule has 2 heterocycles. The van der Waals surface area contributed by atoms with Gasteiger partial charge in [-0.2, -0.15) is 5.10 Å². The minimum absolute atomic E-state index is 0.347. The zero-order valence-electron chi connectivity index (χ0n) is 12.7. The summed E-state index contributed by atoms with van der Waals surface area (Å²) in [6.45, 7) is 4.23. The van der Waals surface area contributed by atoms with Gasteiger partial charge in [0, 0.05) is 43.1 Å². The summed E-state index contributed by atoms with van der Waals surface area (Å²) in [6.07, 6.45) is 7.28. The summed E-state index contributed by atoms with van der Waals surface area (Å²) in [5.74, 6) is 0. The molecule has 3 rings (SSSR count). The highest BCUT2D eigenvalue weighted by molar-refractivity contribution is 5.79. The van der Waals surface area contributed by atoms with Crippen LogP contribution >= 0.6 is 0 Å². The predicted molar refractivity (Wildman–Crippen MR) is 86.2 cm³/mol. The third-order valence-corrected chi connectivity index (χ3v) is 3.93. The first kappa shape index (κ1) is 13.9. The summed E-state index contributed by atoms with van der Waals surface area (Å²) in [6, 6.07) is 11.1. The fourth-order valence-corrected chi connectivity index (χ4v) is 2.69. The number of para-hydroxylation sites is 1. The van der Waals surface area contributed by atoms with Gasteiger partial charge in [-0.1, -0.05) is 18.2 Å². The van der Waals surface area contributed by atoms with E-state index in [0.717, 1.165) is 19.5 Å². The first-order valence-electron chi connectivity index (χ1n) is 7.50. The van der Waals surface area contributed by atoms with Crippen LogP contribution in [0.2, 0.25) is 0 Å². The standard InChI is InChI=1S/C17H22N4/c1-14(16-12-19-20(2)13-16)18-9-5-10-21-11-8-15-6-3-4-7-17(15)21/h3-4,6-8,11-14,18H,5,9-10H2,1-2H3. The van der Waals surface area contributed by atoms with Crippen molar-refractivity contribution in [2.45, 2.75) is 25.9 Å². The van der Waals surface area contributed by atoms with E-state index in [1.165, 1.54) is 16.5 Å². The number of aromatic nitrogens is 3. The van der Waals surface area contributed by atoms with Crippen LogP contribution in [-0.2, 0) is 13.6 Å². The molecule has 1 aromatic carbocycles. The maximum Gasteiger partial charge on any atom is 0.0537 e. The quantitative estimate of drug-likeness (QED) is 0.705. The van der Waals surface area contributed by atoms with Crippen molar-refractivity contribution in [1.82, 2.24) is 19.7 Å². The third-order valence-electron chi connectivity index (χ3n) is 3.93. The molecule has 0 aliphatic carbocycles. The van der Waals surface area contributed by atoms with E-state index in [0.29, 0.717) is 6.04 Å². The highest BCUT2D eigenvalue weighted by Crippen LogP contribution is 2.15. The fourth-order valence-electron chi connectivity index (χ4n) is 2.69. The lowest BCUT2D eigenvalue weighted by Crippen LogP contribution is -2.20. The zero-order chi connectivity index (χ0) is 14.7. The van der Waals surface area contributed by atoms with Gasteiger partial charge in [-0.05, 0) is 37.4 Å². The van der Waals surface area contributed by atoms with E-state index in [4.69, 9.17) is 0 Å². The molecule has 1 unspecified atom stereocenters. The number of benzene rings is 1. The zero-order valence-corrected chi connectivity index (χ0v) is 12.7. The molecule has 0 saturated carbocycles. The average Bonchev–Trinajstić information content (AvgIpc) is 3.10. The molecule has 21 heavy (non-hydrogen) atoms. The van der Waals surface area contributed by atoms with E-state index >= 15 is 0 Å². The van der Waals surface area contributed by atoms with Gasteiger partial charge in [0.2, 0.25) is 0 Å². The lowest BCUT2D eigenvalue weighted by atomic mass is 10.2. The van der Waals surface area contributed by atoms with E-state index < -0.39 is 0 Å². The van der Waals surface area contributed by atoms with Gasteiger partial charge in [-0.25, -0.2) is 0 Å². The van der Waals surface area contributed by atoms with E-state index in [2.05, 4.69) is 64.6 Å². The largest absolute Gasteiger partial charge is 0.347 e. The molecule has 0 aliphatic heterocycles. The summed E-state index contributed by atoms with van der Waals surface area (Å²) in [5.41, 5.74) is 2.56. The minimum Gasteiger partial charge on any atom is -0.347 e. The molecule has 0 radical (unpaired) electrons. The van der Waals surface area contributed by atoms with Gasteiger partial charge >= 0.3 is 0 Å². The Hall–Kier alpha value is -2.07. The van der Waals surface area contributed by atoms with E-state index in [-0.39, 0.29) is 0 Å². The number of nitrogens with zero attached hydrogens (tertiary/aromatic N) is 3. The van der Waals surface area contributed by atoms with Gasteiger partial charge in [-0.15, -0.1) is 0 Å². The van der Waals surface area contributed by atoms with Crippen molar-refractivity contribution in [2.24, 2.45) is 7.05 Å². The Morgan fingerprint density at radius 2 is 2.10 bits per heavy atom. The molecule has 3 aromatic rings. The van der Waals surface area contributed by atoms with Crippen molar-refractivity contribution < 1.29 is 0 Å². The Kier molecular flexibility index (Phi) is 4.06. The molecule has 0 saturated heterocycles. The van der Waals surface area contributed by atoms with Crippen molar-refractivity contribution in [2.75, 3.05) is 6.54 Å². The topological polar surface area (TPSA) is 34.8 Å². The highest BCUT2D eigenvalue weighted by atomic mass is 15.2. The van der Waals surface area contributed by atoms with E-state index in [9.17, 15) is 0 Å². The van der Waals surface area contributed by atoms with Crippen molar-refractivity contribution >= 4 is 10.9 Å². The van der Waals surface area contributed by atoms with Crippen LogP contribution in [0, 0.1) is 0 Å². The average molecular weight is 282 g/mol. The molecular formula is C17H22N4. The molecule has 0 fully saturated rings. The maximum atomic E-state index is 4.21. The molecule has 0 bridgehead atoms. The van der Waals surface area contributed by atoms with Gasteiger partial charge in [0.15, 0.2) is 0 Å². The minimum atomic E-state index is 0.347. The lowest BCUT2D eigenvalue weighted by Gasteiger charge is -2.12. The van der Waals surface area contributed by atoms with Crippen LogP contribution in [0.3, 0.4) is 0 Å². The molecule has 0 spiro atoms. The molecule has 2 aromatic heterocycles. The number of rotatable bonds is 6. The van der Waals surface area contributed by atoms with Gasteiger partial charge in [0.1, 0.15) is 0 Å². The SMILES string of the molecule is CC(NCCCn1ccc2ccccc21)c1cnn(C)c1. The number of aryl methyl sites for hydroxylation is 2. The third kappa shape index (κ3) is 3.16. The van der Waals surface area contributed by atoms with E-state index in [1.807, 2.05) is 17.9 Å². The smallest absolute Gasteiger partial charge is 0.0537 e. The van der Waals surface area contributed by atoms with Crippen LogP contribution in [-0.4, -0.2) is 20.9 Å². The summed E-state index contributed by atoms with van der Waals surface area (Å²) in [7, 11) is 1.95. The summed E-state index contributed by atoms with van der Waals surface area (Å²) >= 11 is 0. The van der Waals surface area contributed by atoms with Gasteiger partial charge in [-0.3, -0.25) is 4.68 Å². The number of hydrogen-bond acceptors (Lipinski definition) is 2. The van der Waals surface area contributed by atoms with Crippen LogP contribution in [0.25, 0.3) is 10.9 Å². The molecule has 4 nitrogen and oxygen atoms in total. The Labute approximate surface area is 125 Å². The van der Waals surface area contributed by atoms with Gasteiger partial charge in [0.25, 0.3) is 0 Å². The van der Waals surface area contributed by atoms with Gasteiger partial charge < -0.3 is 9.88 Å². The van der Waals surface area contributed by atoms with Crippen molar-refractivity contribution in [3.05, 3.63) is 54.5 Å². The van der Waals surface area contributed by atoms with Crippen LogP contribution in [0.5, 0.6) is 0 Å². The monoisotopic (exact) mass is 282 g/mol. The second-order valence-electron chi connectivity index (χ2n) is 5.54. The van der Waals surface area contributed by atoms with Crippen LogP contribution < -0.4 is 5.32 Å². The normalized spacial score (nSPS) is 12.9. The first-order chi connectivity index (χ1) is 10.2. The fraction of sp³-hybridized carbons (Fsp3) is 0.353. The van der Waals surface area contributed by atoms with Crippen LogP contribution in [0.4, 0.5) is 0 Å². The Balaban J connectivity index is 1.50. The predicted octanol–water partition coefficient (Wildman–Crippen LogP) is 3.12. The van der Waals surface area contributed by atoms with Crippen molar-refractivity contribution in [3.63, 3.8) is 0 Å². The van der Waals surface area contributed by atoms with Crippen LogP contribution in [0.1, 0.15) is 24.9 Å². The number of fused-ring (bicyclic) bond motifs is 1. The number of nitrogens with one attached hydrogen (secondary N) is 1. The summed E-state index contributed by atoms with van der Waals surface area (Å²) < 4.78 is 4.17. The molecule has 1 N–H and O–H groups in total. The van der Waals surface area contributed by atoms with Crippen LogP contribution in [0.15, 0.2) is 48.9 Å².